The summed E-state index contributed by atoms with van der Waals surface area (Å²) in [6.45, 7) is 0. The van der Waals surface area contributed by atoms with Gasteiger partial charge < -0.3 is 10.4 Å². The maximum atomic E-state index is 12.0. The Hall–Kier alpha value is -2.69. The number of hydrogen-bond donors (Lipinski definition) is 2. The van der Waals surface area contributed by atoms with Crippen LogP contribution < -0.4 is 5.32 Å². The number of hydrogen-bond acceptors (Lipinski definition) is 3. The average molecular weight is 284 g/mol. The molecule has 108 valence electrons. The van der Waals surface area contributed by atoms with Crippen molar-refractivity contribution in [3.8, 4) is 0 Å². The number of aromatic nitrogens is 1. The average Bonchev–Trinajstić information content (AvgIpc) is 2.52. The van der Waals surface area contributed by atoms with Gasteiger partial charge in [-0.1, -0.05) is 30.3 Å². The van der Waals surface area contributed by atoms with Crippen molar-refractivity contribution in [1.29, 1.82) is 0 Å². The van der Waals surface area contributed by atoms with Crippen LogP contribution in [0.15, 0.2) is 54.9 Å². The first-order chi connectivity index (χ1) is 10.2. The van der Waals surface area contributed by atoms with E-state index in [0.717, 1.165) is 5.56 Å². The maximum absolute atomic E-state index is 12.0. The lowest BCUT2D eigenvalue weighted by molar-refractivity contribution is -0.139. The number of rotatable bonds is 6. The molecule has 0 saturated heterocycles. The zero-order chi connectivity index (χ0) is 15.1. The Morgan fingerprint density at radius 2 is 1.76 bits per heavy atom. The molecule has 0 radical (unpaired) electrons. The van der Waals surface area contributed by atoms with Crippen LogP contribution in [-0.2, 0) is 11.2 Å². The molecule has 1 aromatic carbocycles. The fourth-order valence-electron chi connectivity index (χ4n) is 1.96. The zero-order valence-electron chi connectivity index (χ0n) is 11.4. The summed E-state index contributed by atoms with van der Waals surface area (Å²) >= 11 is 0. The minimum Gasteiger partial charge on any atom is -0.480 e. The first kappa shape index (κ1) is 14.7. The maximum Gasteiger partial charge on any atom is 0.326 e. The summed E-state index contributed by atoms with van der Waals surface area (Å²) in [6, 6.07) is 11.8. The molecule has 2 N–H and O–H groups in total. The first-order valence-corrected chi connectivity index (χ1v) is 6.64. The van der Waals surface area contributed by atoms with Gasteiger partial charge >= 0.3 is 5.97 Å². The Kier molecular flexibility index (Phi) is 5.04. The number of carboxylic acids is 1. The van der Waals surface area contributed by atoms with Crippen molar-refractivity contribution in [2.24, 2.45) is 0 Å². The number of aryl methyl sites for hydroxylation is 1. The third-order valence-corrected chi connectivity index (χ3v) is 3.11. The van der Waals surface area contributed by atoms with Crippen LogP contribution >= 0.6 is 0 Å². The smallest absolute Gasteiger partial charge is 0.326 e. The number of nitrogens with zero attached hydrogens (tertiary/aromatic N) is 1. The predicted octanol–water partition coefficient (Wildman–Crippen LogP) is 1.90. The van der Waals surface area contributed by atoms with Gasteiger partial charge in [-0.05, 0) is 30.5 Å². The summed E-state index contributed by atoms with van der Waals surface area (Å²) in [4.78, 5) is 27.1. The number of benzene rings is 1. The van der Waals surface area contributed by atoms with E-state index < -0.39 is 17.9 Å². The Bertz CT molecular complexity index is 599. The molecule has 0 unspecified atom stereocenters. The molecule has 1 amide bonds. The van der Waals surface area contributed by atoms with Crippen LogP contribution in [0.2, 0.25) is 0 Å². The molecule has 0 spiro atoms. The predicted molar refractivity (Wildman–Crippen MR) is 77.9 cm³/mol. The van der Waals surface area contributed by atoms with Crippen molar-refractivity contribution in [2.75, 3.05) is 0 Å². The summed E-state index contributed by atoms with van der Waals surface area (Å²) < 4.78 is 0. The van der Waals surface area contributed by atoms with E-state index in [0.29, 0.717) is 18.4 Å². The van der Waals surface area contributed by atoms with Crippen LogP contribution in [0, 0.1) is 0 Å². The second-order valence-electron chi connectivity index (χ2n) is 4.62. The molecule has 0 aliphatic carbocycles. The molecule has 5 nitrogen and oxygen atoms in total. The summed E-state index contributed by atoms with van der Waals surface area (Å²) in [6.07, 6.45) is 3.92. The largest absolute Gasteiger partial charge is 0.480 e. The molecule has 2 rings (SSSR count). The van der Waals surface area contributed by atoms with Crippen molar-refractivity contribution < 1.29 is 14.7 Å². The van der Waals surface area contributed by atoms with Crippen molar-refractivity contribution in [2.45, 2.75) is 18.9 Å². The quantitative estimate of drug-likeness (QED) is 0.849. The van der Waals surface area contributed by atoms with Gasteiger partial charge in [0.15, 0.2) is 0 Å². The topological polar surface area (TPSA) is 79.3 Å². The number of carbonyl (C=O) groups is 2. The Balaban J connectivity index is 1.96. The molecule has 0 aliphatic rings. The Morgan fingerprint density at radius 1 is 1.10 bits per heavy atom. The van der Waals surface area contributed by atoms with Crippen LogP contribution in [0.25, 0.3) is 0 Å². The number of aliphatic carboxylic acids is 1. The van der Waals surface area contributed by atoms with E-state index in [1.165, 1.54) is 12.4 Å². The van der Waals surface area contributed by atoms with E-state index >= 15 is 0 Å². The van der Waals surface area contributed by atoms with Gasteiger partial charge in [-0.15, -0.1) is 0 Å². The minimum atomic E-state index is -1.03. The van der Waals surface area contributed by atoms with Crippen molar-refractivity contribution in [3.63, 3.8) is 0 Å². The monoisotopic (exact) mass is 284 g/mol. The standard InChI is InChI=1S/C16H16N2O3/c19-15(13-8-10-17-11-9-13)18-14(16(20)21)7-6-12-4-2-1-3-5-12/h1-5,8-11,14H,6-7H2,(H,18,19)(H,20,21)/t14-/m0/s1. The fraction of sp³-hybridized carbons (Fsp3) is 0.188. The number of amides is 1. The van der Waals surface area contributed by atoms with Crippen LogP contribution in [0.3, 0.4) is 0 Å². The summed E-state index contributed by atoms with van der Waals surface area (Å²) in [5.74, 6) is -1.44. The van der Waals surface area contributed by atoms with Crippen molar-refractivity contribution >= 4 is 11.9 Å². The highest BCUT2D eigenvalue weighted by Crippen LogP contribution is 2.06. The molecule has 0 aliphatic heterocycles. The molecule has 1 atom stereocenters. The van der Waals surface area contributed by atoms with Crippen LogP contribution in [0.1, 0.15) is 22.3 Å². The third kappa shape index (κ3) is 4.42. The molecule has 1 aromatic heterocycles. The highest BCUT2D eigenvalue weighted by molar-refractivity contribution is 5.96. The van der Waals surface area contributed by atoms with E-state index in [9.17, 15) is 14.7 Å². The number of nitrogens with one attached hydrogen (secondary N) is 1. The second kappa shape index (κ2) is 7.19. The fourth-order valence-corrected chi connectivity index (χ4v) is 1.96. The third-order valence-electron chi connectivity index (χ3n) is 3.11. The first-order valence-electron chi connectivity index (χ1n) is 6.64. The summed E-state index contributed by atoms with van der Waals surface area (Å²) in [5.41, 5.74) is 1.44. The lowest BCUT2D eigenvalue weighted by atomic mass is 10.0. The minimum absolute atomic E-state index is 0.343. The molecule has 0 fully saturated rings. The van der Waals surface area contributed by atoms with Gasteiger partial charge in [0, 0.05) is 18.0 Å². The van der Waals surface area contributed by atoms with E-state index in [1.807, 2.05) is 30.3 Å². The lowest BCUT2D eigenvalue weighted by Gasteiger charge is -2.14. The van der Waals surface area contributed by atoms with E-state index in [4.69, 9.17) is 0 Å². The number of pyridine rings is 1. The Morgan fingerprint density at radius 3 is 2.38 bits per heavy atom. The van der Waals surface area contributed by atoms with Gasteiger partial charge in [0.2, 0.25) is 0 Å². The van der Waals surface area contributed by atoms with E-state index in [2.05, 4.69) is 10.3 Å². The van der Waals surface area contributed by atoms with Crippen LogP contribution in [-0.4, -0.2) is 28.0 Å². The van der Waals surface area contributed by atoms with Gasteiger partial charge in [-0.2, -0.15) is 0 Å². The Labute approximate surface area is 122 Å². The highest BCUT2D eigenvalue weighted by atomic mass is 16.4. The number of carboxylic acid groups (broad SMARTS) is 1. The molecule has 2 aromatic rings. The van der Waals surface area contributed by atoms with Gasteiger partial charge in [0.05, 0.1) is 0 Å². The molecular weight excluding hydrogens is 268 g/mol. The van der Waals surface area contributed by atoms with Gasteiger partial charge in [-0.25, -0.2) is 4.79 Å². The van der Waals surface area contributed by atoms with Crippen LogP contribution in [0.5, 0.6) is 0 Å². The highest BCUT2D eigenvalue weighted by Gasteiger charge is 2.20. The molecule has 1 heterocycles. The number of carbonyl (C=O) groups excluding carboxylic acids is 1. The van der Waals surface area contributed by atoms with Gasteiger partial charge in [0.1, 0.15) is 6.04 Å². The normalized spacial score (nSPS) is 11.6. The second-order valence-corrected chi connectivity index (χ2v) is 4.62. The van der Waals surface area contributed by atoms with Gasteiger partial charge in [-0.3, -0.25) is 9.78 Å². The molecular formula is C16H16N2O3. The van der Waals surface area contributed by atoms with E-state index in [1.54, 1.807) is 12.1 Å². The van der Waals surface area contributed by atoms with Crippen LogP contribution in [0.4, 0.5) is 0 Å². The molecule has 21 heavy (non-hydrogen) atoms. The molecule has 0 saturated carbocycles. The zero-order valence-corrected chi connectivity index (χ0v) is 11.4. The van der Waals surface area contributed by atoms with Gasteiger partial charge in [0.25, 0.3) is 5.91 Å². The van der Waals surface area contributed by atoms with Crippen molar-refractivity contribution in [3.05, 3.63) is 66.0 Å². The van der Waals surface area contributed by atoms with Crippen molar-refractivity contribution in [1.82, 2.24) is 10.3 Å². The lowest BCUT2D eigenvalue weighted by Crippen LogP contribution is -2.41. The molecule has 0 bridgehead atoms. The molecule has 5 heteroatoms. The summed E-state index contributed by atoms with van der Waals surface area (Å²) in [5, 5.41) is 11.8. The summed E-state index contributed by atoms with van der Waals surface area (Å²) in [7, 11) is 0. The SMILES string of the molecule is O=C(N[C@@H](CCc1ccccc1)C(=O)O)c1ccncc1. The van der Waals surface area contributed by atoms with E-state index in [-0.39, 0.29) is 0 Å².